The molecule has 4 N–H and O–H groups in total. The number of hydrogen-bond acceptors (Lipinski definition) is 7. The highest BCUT2D eigenvalue weighted by Crippen LogP contribution is 2.31. The first kappa shape index (κ1) is 18.1. The molecule has 0 aliphatic carbocycles. The second-order valence-corrected chi connectivity index (χ2v) is 7.28. The van der Waals surface area contributed by atoms with Gasteiger partial charge in [0.1, 0.15) is 17.5 Å². The zero-order valence-corrected chi connectivity index (χ0v) is 15.9. The van der Waals surface area contributed by atoms with Crippen molar-refractivity contribution in [2.24, 2.45) is 0 Å². The van der Waals surface area contributed by atoms with E-state index < -0.39 is 0 Å². The zero-order valence-electron chi connectivity index (χ0n) is 15.1. The lowest BCUT2D eigenvalue weighted by Crippen LogP contribution is -2.23. The number of aliphatic hydroxyl groups is 1. The van der Waals surface area contributed by atoms with Gasteiger partial charge in [-0.25, -0.2) is 4.98 Å². The van der Waals surface area contributed by atoms with Gasteiger partial charge in [0.2, 0.25) is 5.91 Å². The lowest BCUT2D eigenvalue weighted by atomic mass is 10.3. The summed E-state index contributed by atoms with van der Waals surface area (Å²) < 4.78 is 3.97. The molecule has 0 atom stereocenters. The number of carbonyl (C=O) groups is 1. The number of anilines is 2. The Kier molecular flexibility index (Phi) is 5.04. The van der Waals surface area contributed by atoms with E-state index in [1.165, 1.54) is 6.92 Å². The van der Waals surface area contributed by atoms with Gasteiger partial charge in [0, 0.05) is 29.8 Å². The van der Waals surface area contributed by atoms with Crippen molar-refractivity contribution in [1.82, 2.24) is 24.1 Å². The molecule has 10 heteroatoms. The molecular weight excluding hydrogens is 378 g/mol. The zero-order chi connectivity index (χ0) is 19.5. The highest BCUT2D eigenvalue weighted by Gasteiger charge is 2.21. The Balaban J connectivity index is 1.55. The summed E-state index contributed by atoms with van der Waals surface area (Å²) in [6, 6.07) is 9.47. The van der Waals surface area contributed by atoms with Crippen molar-refractivity contribution in [2.75, 3.05) is 10.6 Å². The van der Waals surface area contributed by atoms with Crippen LogP contribution in [0.15, 0.2) is 53.8 Å². The van der Waals surface area contributed by atoms with Crippen LogP contribution in [0, 0.1) is 0 Å². The largest absolute Gasteiger partial charge is 0.390 e. The van der Waals surface area contributed by atoms with Crippen molar-refractivity contribution in [3.63, 3.8) is 0 Å². The Labute approximate surface area is 165 Å². The molecule has 0 radical (unpaired) electrons. The summed E-state index contributed by atoms with van der Waals surface area (Å²) in [4.78, 5) is 16.7. The molecule has 1 amide bonds. The van der Waals surface area contributed by atoms with Gasteiger partial charge in [-0.3, -0.25) is 14.5 Å². The third-order valence-corrected chi connectivity index (χ3v) is 4.93. The van der Waals surface area contributed by atoms with Gasteiger partial charge in [-0.05, 0) is 36.2 Å². The number of rotatable bonds is 6. The van der Waals surface area contributed by atoms with Gasteiger partial charge in [-0.1, -0.05) is 0 Å². The normalized spacial score (nSPS) is 13.1. The molecule has 1 aliphatic rings. The number of benzene rings is 1. The minimum Gasteiger partial charge on any atom is -0.390 e. The smallest absolute Gasteiger partial charge is 0.221 e. The van der Waals surface area contributed by atoms with Crippen LogP contribution in [0.5, 0.6) is 0 Å². The first-order chi connectivity index (χ1) is 13.6. The van der Waals surface area contributed by atoms with Crippen LogP contribution in [0.25, 0.3) is 5.82 Å². The van der Waals surface area contributed by atoms with Crippen molar-refractivity contribution in [3.8, 4) is 0 Å². The van der Waals surface area contributed by atoms with Crippen LogP contribution in [0.3, 0.4) is 0 Å². The SMILES string of the molecule is CC(=O)Nc1ccc(SN2C=C(Nc3ccn[nH]3)n3cc(CO)nc3C2)cc1. The Morgan fingerprint density at radius 2 is 2.14 bits per heavy atom. The van der Waals surface area contributed by atoms with Crippen molar-refractivity contribution in [2.45, 2.75) is 25.0 Å². The predicted molar refractivity (Wildman–Crippen MR) is 107 cm³/mol. The number of aromatic amines is 1. The Bertz CT molecular complexity index is 996. The van der Waals surface area contributed by atoms with E-state index in [1.807, 2.05) is 47.3 Å². The first-order valence-corrected chi connectivity index (χ1v) is 9.37. The molecule has 2 aromatic heterocycles. The summed E-state index contributed by atoms with van der Waals surface area (Å²) >= 11 is 1.55. The number of hydrogen-bond donors (Lipinski definition) is 4. The molecule has 4 rings (SSSR count). The topological polar surface area (TPSA) is 111 Å². The number of carbonyl (C=O) groups excluding carboxylic acids is 1. The van der Waals surface area contributed by atoms with E-state index >= 15 is 0 Å². The van der Waals surface area contributed by atoms with Gasteiger partial charge < -0.3 is 20.0 Å². The molecule has 0 bridgehead atoms. The maximum Gasteiger partial charge on any atom is 0.221 e. The number of nitrogens with zero attached hydrogens (tertiary/aromatic N) is 4. The molecule has 0 spiro atoms. The van der Waals surface area contributed by atoms with Gasteiger partial charge in [-0.2, -0.15) is 5.10 Å². The summed E-state index contributed by atoms with van der Waals surface area (Å²) in [5.74, 6) is 2.26. The minimum absolute atomic E-state index is 0.0968. The Hall–Kier alpha value is -3.24. The lowest BCUT2D eigenvalue weighted by molar-refractivity contribution is -0.114. The predicted octanol–water partition coefficient (Wildman–Crippen LogP) is 2.45. The summed E-state index contributed by atoms with van der Waals surface area (Å²) in [5, 5.41) is 22.3. The average molecular weight is 397 g/mol. The van der Waals surface area contributed by atoms with E-state index in [2.05, 4.69) is 30.1 Å². The summed E-state index contributed by atoms with van der Waals surface area (Å²) in [5.41, 5.74) is 1.37. The number of imidazole rings is 1. The molecule has 0 unspecified atom stereocenters. The summed E-state index contributed by atoms with van der Waals surface area (Å²) in [6.07, 6.45) is 5.46. The van der Waals surface area contributed by atoms with Crippen LogP contribution in [0.2, 0.25) is 0 Å². The molecule has 144 valence electrons. The van der Waals surface area contributed by atoms with Gasteiger partial charge in [0.25, 0.3) is 0 Å². The molecule has 0 saturated carbocycles. The highest BCUT2D eigenvalue weighted by atomic mass is 32.2. The number of nitrogens with one attached hydrogen (secondary N) is 3. The number of amides is 1. The number of fused-ring (bicyclic) bond motifs is 1. The fourth-order valence-corrected chi connectivity index (χ4v) is 3.67. The summed E-state index contributed by atoms with van der Waals surface area (Å²) in [6.45, 7) is 1.94. The molecule has 0 saturated heterocycles. The van der Waals surface area contributed by atoms with Crippen molar-refractivity contribution >= 4 is 35.2 Å². The van der Waals surface area contributed by atoms with Crippen molar-refractivity contribution < 1.29 is 9.90 Å². The molecular formula is C18H19N7O2S. The fourth-order valence-electron chi connectivity index (χ4n) is 2.80. The van der Waals surface area contributed by atoms with E-state index in [-0.39, 0.29) is 12.5 Å². The molecule has 28 heavy (non-hydrogen) atoms. The lowest BCUT2D eigenvalue weighted by Gasteiger charge is -2.26. The molecule has 3 heterocycles. The summed E-state index contributed by atoms with van der Waals surface area (Å²) in [7, 11) is 0. The van der Waals surface area contributed by atoms with Crippen molar-refractivity contribution in [1.29, 1.82) is 0 Å². The van der Waals surface area contributed by atoms with Crippen LogP contribution >= 0.6 is 11.9 Å². The van der Waals surface area contributed by atoms with E-state index in [0.717, 1.165) is 28.0 Å². The fraction of sp³-hybridized carbons (Fsp3) is 0.167. The first-order valence-electron chi connectivity index (χ1n) is 8.59. The number of aromatic nitrogens is 4. The Morgan fingerprint density at radius 1 is 1.32 bits per heavy atom. The average Bonchev–Trinajstić information content (AvgIpc) is 3.32. The van der Waals surface area contributed by atoms with Gasteiger partial charge >= 0.3 is 0 Å². The Morgan fingerprint density at radius 3 is 2.82 bits per heavy atom. The maximum atomic E-state index is 11.2. The second-order valence-electron chi connectivity index (χ2n) is 6.16. The third kappa shape index (κ3) is 4.02. The van der Waals surface area contributed by atoms with Crippen LogP contribution < -0.4 is 10.6 Å². The van der Waals surface area contributed by atoms with Gasteiger partial charge in [0.15, 0.2) is 0 Å². The molecule has 1 aliphatic heterocycles. The standard InChI is InChI=1S/C18H19N7O2S/c1-12(27)20-13-2-4-15(5-3-13)28-24-9-17-21-14(11-26)8-25(17)18(10-24)22-16-6-7-19-23-16/h2-8,10,26H,9,11H2,1H3,(H,20,27)(H2,19,22,23). The van der Waals surface area contributed by atoms with Crippen LogP contribution in [0.1, 0.15) is 18.4 Å². The molecule has 3 aromatic rings. The third-order valence-electron chi connectivity index (χ3n) is 3.97. The van der Waals surface area contributed by atoms with Crippen LogP contribution in [0.4, 0.5) is 11.5 Å². The van der Waals surface area contributed by atoms with E-state index in [9.17, 15) is 9.90 Å². The quantitative estimate of drug-likeness (QED) is 0.473. The van der Waals surface area contributed by atoms with E-state index in [0.29, 0.717) is 12.2 Å². The van der Waals surface area contributed by atoms with Crippen LogP contribution in [-0.2, 0) is 17.9 Å². The number of H-pyrrole nitrogens is 1. The second kappa shape index (κ2) is 7.79. The minimum atomic E-state index is -0.116. The monoisotopic (exact) mass is 397 g/mol. The van der Waals surface area contributed by atoms with Gasteiger partial charge in [0.05, 0.1) is 31.2 Å². The van der Waals surface area contributed by atoms with Crippen molar-refractivity contribution in [3.05, 3.63) is 60.4 Å². The molecule has 9 nitrogen and oxygen atoms in total. The van der Waals surface area contributed by atoms with Gasteiger partial charge in [-0.15, -0.1) is 0 Å². The van der Waals surface area contributed by atoms with E-state index in [1.54, 1.807) is 18.1 Å². The number of aliphatic hydroxyl groups excluding tert-OH is 1. The molecule has 0 fully saturated rings. The molecule has 1 aromatic carbocycles. The highest BCUT2D eigenvalue weighted by molar-refractivity contribution is 7.97. The van der Waals surface area contributed by atoms with E-state index in [4.69, 9.17) is 0 Å². The van der Waals surface area contributed by atoms with Crippen LogP contribution in [-0.4, -0.2) is 35.1 Å². The maximum absolute atomic E-state index is 11.2.